The third kappa shape index (κ3) is 2.25. The summed E-state index contributed by atoms with van der Waals surface area (Å²) in [6, 6.07) is 9.26. The molecule has 0 unspecified atom stereocenters. The molecule has 0 aliphatic heterocycles. The number of nitrogens with zero attached hydrogens (tertiary/aromatic N) is 3. The minimum Gasteiger partial charge on any atom is -0.338 e. The van der Waals surface area contributed by atoms with Crippen molar-refractivity contribution in [2.75, 3.05) is 5.32 Å². The Balaban J connectivity index is 2.10. The van der Waals surface area contributed by atoms with E-state index in [9.17, 15) is 0 Å². The summed E-state index contributed by atoms with van der Waals surface area (Å²) in [6.07, 6.45) is 1.51. The Morgan fingerprint density at radius 2 is 2.00 bits per heavy atom. The van der Waals surface area contributed by atoms with E-state index in [0.717, 1.165) is 16.7 Å². The Labute approximate surface area is 120 Å². The van der Waals surface area contributed by atoms with Crippen molar-refractivity contribution in [1.82, 2.24) is 14.5 Å². The Morgan fingerprint density at radius 3 is 2.79 bits per heavy atom. The summed E-state index contributed by atoms with van der Waals surface area (Å²) >= 11 is 12.1. The van der Waals surface area contributed by atoms with Crippen molar-refractivity contribution in [3.05, 3.63) is 46.8 Å². The number of hydrogen-bond acceptors (Lipinski definition) is 3. The highest BCUT2D eigenvalue weighted by Gasteiger charge is 2.11. The van der Waals surface area contributed by atoms with Crippen LogP contribution >= 0.6 is 23.2 Å². The van der Waals surface area contributed by atoms with Crippen LogP contribution in [0.15, 0.2) is 36.7 Å². The van der Waals surface area contributed by atoms with Gasteiger partial charge in [-0.05, 0) is 18.2 Å². The molecule has 4 nitrogen and oxygen atoms in total. The van der Waals surface area contributed by atoms with E-state index in [1.807, 2.05) is 41.9 Å². The molecule has 0 aliphatic rings. The van der Waals surface area contributed by atoms with E-state index in [-0.39, 0.29) is 0 Å². The van der Waals surface area contributed by atoms with Crippen molar-refractivity contribution in [3.8, 4) is 0 Å². The van der Waals surface area contributed by atoms with Crippen molar-refractivity contribution in [2.45, 2.75) is 0 Å². The fraction of sp³-hybridized carbons (Fsp3) is 0.0769. The molecule has 19 heavy (non-hydrogen) atoms. The summed E-state index contributed by atoms with van der Waals surface area (Å²) in [4.78, 5) is 8.46. The van der Waals surface area contributed by atoms with E-state index in [2.05, 4.69) is 15.3 Å². The molecule has 0 atom stereocenters. The van der Waals surface area contributed by atoms with Crippen LogP contribution in [0.1, 0.15) is 0 Å². The van der Waals surface area contributed by atoms with Crippen LogP contribution in [0.5, 0.6) is 0 Å². The predicted octanol–water partition coefficient (Wildman–Crippen LogP) is 4.02. The molecule has 3 aromatic rings. The van der Waals surface area contributed by atoms with Crippen molar-refractivity contribution in [2.24, 2.45) is 7.05 Å². The quantitative estimate of drug-likeness (QED) is 0.776. The lowest BCUT2D eigenvalue weighted by molar-refractivity contribution is 0.965. The molecular formula is C13H10Cl2N4. The molecule has 0 amide bonds. The molecule has 0 aliphatic carbocycles. The second-order valence-corrected chi connectivity index (χ2v) is 4.94. The first-order valence-corrected chi connectivity index (χ1v) is 6.39. The fourth-order valence-electron chi connectivity index (χ4n) is 1.94. The smallest absolute Gasteiger partial charge is 0.158 e. The highest BCUT2D eigenvalue weighted by molar-refractivity contribution is 6.31. The van der Waals surface area contributed by atoms with Crippen molar-refractivity contribution >= 4 is 45.7 Å². The van der Waals surface area contributed by atoms with Gasteiger partial charge in [-0.1, -0.05) is 29.3 Å². The largest absolute Gasteiger partial charge is 0.338 e. The maximum absolute atomic E-state index is 6.10. The summed E-state index contributed by atoms with van der Waals surface area (Å²) < 4.78 is 1.84. The van der Waals surface area contributed by atoms with Gasteiger partial charge in [0.25, 0.3) is 0 Å². The predicted molar refractivity (Wildman–Crippen MR) is 78.3 cm³/mol. The van der Waals surface area contributed by atoms with Crippen molar-refractivity contribution in [1.29, 1.82) is 0 Å². The lowest BCUT2D eigenvalue weighted by atomic mass is 10.3. The molecule has 0 bridgehead atoms. The average Bonchev–Trinajstić information content (AvgIpc) is 2.66. The van der Waals surface area contributed by atoms with Gasteiger partial charge >= 0.3 is 0 Å². The number of aromatic nitrogens is 3. The molecule has 0 radical (unpaired) electrons. The highest BCUT2D eigenvalue weighted by Crippen LogP contribution is 2.28. The summed E-state index contributed by atoms with van der Waals surface area (Å²) in [7, 11) is 1.87. The van der Waals surface area contributed by atoms with Gasteiger partial charge in [-0.15, -0.1) is 0 Å². The van der Waals surface area contributed by atoms with Gasteiger partial charge in [-0.2, -0.15) is 0 Å². The van der Waals surface area contributed by atoms with Gasteiger partial charge in [0.05, 0.1) is 5.52 Å². The minimum absolute atomic E-state index is 0.615. The van der Waals surface area contributed by atoms with Crippen molar-refractivity contribution < 1.29 is 0 Å². The number of aryl methyl sites for hydroxylation is 1. The zero-order valence-corrected chi connectivity index (χ0v) is 11.6. The van der Waals surface area contributed by atoms with Crippen LogP contribution in [0.3, 0.4) is 0 Å². The molecule has 0 spiro atoms. The molecular weight excluding hydrogens is 283 g/mol. The molecule has 96 valence electrons. The molecule has 2 aromatic heterocycles. The molecule has 1 N–H and O–H groups in total. The average molecular weight is 293 g/mol. The van der Waals surface area contributed by atoms with Gasteiger partial charge in [0.2, 0.25) is 0 Å². The summed E-state index contributed by atoms with van der Waals surface area (Å²) in [5.74, 6) is 0.696. The summed E-state index contributed by atoms with van der Waals surface area (Å²) in [6.45, 7) is 0. The van der Waals surface area contributed by atoms with Crippen LogP contribution in [-0.2, 0) is 7.05 Å². The van der Waals surface area contributed by atoms with Crippen LogP contribution in [-0.4, -0.2) is 14.5 Å². The van der Waals surface area contributed by atoms with Crippen molar-refractivity contribution in [3.63, 3.8) is 0 Å². The maximum Gasteiger partial charge on any atom is 0.158 e. The van der Waals surface area contributed by atoms with Crippen LogP contribution in [0, 0.1) is 0 Å². The van der Waals surface area contributed by atoms with Gasteiger partial charge in [0.1, 0.15) is 17.0 Å². The van der Waals surface area contributed by atoms with E-state index in [4.69, 9.17) is 23.2 Å². The van der Waals surface area contributed by atoms with E-state index in [0.29, 0.717) is 16.0 Å². The Bertz CT molecular complexity index is 751. The second kappa shape index (κ2) is 4.72. The summed E-state index contributed by atoms with van der Waals surface area (Å²) in [5.41, 5.74) is 2.52. The van der Waals surface area contributed by atoms with E-state index in [1.54, 1.807) is 0 Å². The SMILES string of the molecule is Cn1c(Cl)cc2ncnc(Nc3cccc(Cl)c3)c21. The molecule has 2 heterocycles. The number of halogens is 2. The first kappa shape index (κ1) is 12.3. The standard InChI is InChI=1S/C13H10Cl2N4/c1-19-11(15)6-10-12(19)13(17-7-16-10)18-9-4-2-3-8(14)5-9/h2-7H,1H3,(H,16,17,18). The normalized spacial score (nSPS) is 10.9. The number of anilines is 2. The van der Waals surface area contributed by atoms with Gasteiger partial charge in [-0.25, -0.2) is 9.97 Å². The first-order chi connectivity index (χ1) is 9.15. The molecule has 6 heteroatoms. The minimum atomic E-state index is 0.615. The van der Waals surface area contributed by atoms with E-state index < -0.39 is 0 Å². The number of rotatable bonds is 2. The monoisotopic (exact) mass is 292 g/mol. The lowest BCUT2D eigenvalue weighted by Gasteiger charge is -2.08. The Morgan fingerprint density at radius 1 is 1.16 bits per heavy atom. The Hall–Kier alpha value is -1.78. The van der Waals surface area contributed by atoms with Crippen LogP contribution in [0.25, 0.3) is 11.0 Å². The molecule has 1 aromatic carbocycles. The zero-order chi connectivity index (χ0) is 13.4. The zero-order valence-electron chi connectivity index (χ0n) is 10.1. The molecule has 0 saturated carbocycles. The van der Waals surface area contributed by atoms with Gasteiger partial charge < -0.3 is 9.88 Å². The van der Waals surface area contributed by atoms with Crippen LogP contribution in [0.2, 0.25) is 10.2 Å². The Kier molecular flexibility index (Phi) is 3.05. The molecule has 0 saturated heterocycles. The van der Waals surface area contributed by atoms with Gasteiger partial charge in [0, 0.05) is 23.8 Å². The third-order valence-corrected chi connectivity index (χ3v) is 3.45. The lowest BCUT2D eigenvalue weighted by Crippen LogP contribution is -1.98. The van der Waals surface area contributed by atoms with E-state index in [1.165, 1.54) is 6.33 Å². The van der Waals surface area contributed by atoms with Gasteiger partial charge in [0.15, 0.2) is 5.82 Å². The maximum atomic E-state index is 6.10. The fourth-order valence-corrected chi connectivity index (χ4v) is 2.32. The topological polar surface area (TPSA) is 42.7 Å². The van der Waals surface area contributed by atoms with Gasteiger partial charge in [-0.3, -0.25) is 0 Å². The third-order valence-electron chi connectivity index (χ3n) is 2.85. The number of fused-ring (bicyclic) bond motifs is 1. The number of nitrogens with one attached hydrogen (secondary N) is 1. The highest BCUT2D eigenvalue weighted by atomic mass is 35.5. The first-order valence-electron chi connectivity index (χ1n) is 5.63. The van der Waals surface area contributed by atoms with Crippen LogP contribution < -0.4 is 5.32 Å². The summed E-state index contributed by atoms with van der Waals surface area (Å²) in [5, 5.41) is 4.51. The molecule has 3 rings (SSSR count). The number of hydrogen-bond donors (Lipinski definition) is 1. The number of benzene rings is 1. The van der Waals surface area contributed by atoms with Crippen LogP contribution in [0.4, 0.5) is 11.5 Å². The van der Waals surface area contributed by atoms with E-state index >= 15 is 0 Å². The second-order valence-electron chi connectivity index (χ2n) is 4.12. The molecule has 0 fully saturated rings.